The van der Waals surface area contributed by atoms with Crippen molar-refractivity contribution in [1.82, 2.24) is 14.9 Å². The fourth-order valence-corrected chi connectivity index (χ4v) is 2.85. The Kier molecular flexibility index (Phi) is 4.77. The van der Waals surface area contributed by atoms with Crippen molar-refractivity contribution in [2.45, 2.75) is 12.6 Å². The number of para-hydroxylation sites is 1. The summed E-state index contributed by atoms with van der Waals surface area (Å²) in [6.07, 6.45) is -0.616. The van der Waals surface area contributed by atoms with Crippen LogP contribution in [0.2, 0.25) is 0 Å². The van der Waals surface area contributed by atoms with Crippen LogP contribution in [-0.4, -0.2) is 60.0 Å². The van der Waals surface area contributed by atoms with Crippen LogP contribution in [-0.2, 0) is 16.1 Å². The van der Waals surface area contributed by atoms with Crippen LogP contribution in [0.5, 0.6) is 0 Å². The number of morpholine rings is 1. The number of nitrogens with zero attached hydrogens (tertiary/aromatic N) is 3. The Morgan fingerprint density at radius 3 is 3.00 bits per heavy atom. The lowest BCUT2D eigenvalue weighted by atomic mass is 10.2. The van der Waals surface area contributed by atoms with Crippen LogP contribution >= 0.6 is 0 Å². The molecule has 0 radical (unpaired) electrons. The van der Waals surface area contributed by atoms with E-state index in [-0.39, 0.29) is 24.6 Å². The van der Waals surface area contributed by atoms with E-state index in [0.29, 0.717) is 36.5 Å². The van der Waals surface area contributed by atoms with Crippen LogP contribution in [0.4, 0.5) is 5.95 Å². The molecule has 0 spiro atoms. The number of hydrogen-bond donors (Lipinski definition) is 2. The van der Waals surface area contributed by atoms with Crippen molar-refractivity contribution in [2.24, 2.45) is 0 Å². The Morgan fingerprint density at radius 1 is 1.46 bits per heavy atom. The lowest BCUT2D eigenvalue weighted by Crippen LogP contribution is -2.50. The highest BCUT2D eigenvalue weighted by molar-refractivity contribution is 5.82. The van der Waals surface area contributed by atoms with E-state index in [1.165, 1.54) is 4.57 Å². The second-order valence-electron chi connectivity index (χ2n) is 5.53. The van der Waals surface area contributed by atoms with Crippen LogP contribution in [0.3, 0.4) is 0 Å². The van der Waals surface area contributed by atoms with Gasteiger partial charge in [0.2, 0.25) is 5.95 Å². The van der Waals surface area contributed by atoms with Crippen LogP contribution < -0.4 is 15.8 Å². The quantitative estimate of drug-likeness (QED) is 0.772. The van der Waals surface area contributed by atoms with Crippen molar-refractivity contribution >= 4 is 22.8 Å². The number of rotatable bonds is 4. The second kappa shape index (κ2) is 6.98. The maximum Gasteiger partial charge on any atom is 0.262 e. The summed E-state index contributed by atoms with van der Waals surface area (Å²) in [5.41, 5.74) is 0.391. The first-order chi connectivity index (χ1) is 11.7. The third-order valence-corrected chi connectivity index (χ3v) is 4.05. The summed E-state index contributed by atoms with van der Waals surface area (Å²) in [5, 5.41) is 12.4. The number of likely N-dealkylation sites (N-methyl/N-ethyl adjacent to an activating group) is 1. The van der Waals surface area contributed by atoms with Gasteiger partial charge in [-0.15, -0.1) is 0 Å². The van der Waals surface area contributed by atoms with E-state index >= 15 is 0 Å². The topological polar surface area (TPSA) is 96.7 Å². The summed E-state index contributed by atoms with van der Waals surface area (Å²) in [4.78, 5) is 31.0. The lowest BCUT2D eigenvalue weighted by Gasteiger charge is -2.33. The number of aliphatic hydroxyl groups excluding tert-OH is 1. The number of carbonyl (C=O) groups is 1. The number of benzene rings is 1. The molecule has 0 saturated carbocycles. The minimum Gasteiger partial charge on any atom is -0.395 e. The molecule has 1 atom stereocenters. The second-order valence-corrected chi connectivity index (χ2v) is 5.53. The van der Waals surface area contributed by atoms with E-state index < -0.39 is 6.10 Å². The van der Waals surface area contributed by atoms with E-state index in [1.807, 2.05) is 11.0 Å². The van der Waals surface area contributed by atoms with Crippen molar-refractivity contribution in [2.75, 3.05) is 38.3 Å². The molecule has 2 aromatic rings. The van der Waals surface area contributed by atoms with Gasteiger partial charge < -0.3 is 20.1 Å². The number of ether oxygens (including phenoxy) is 1. The van der Waals surface area contributed by atoms with Gasteiger partial charge in [-0.05, 0) is 12.1 Å². The summed E-state index contributed by atoms with van der Waals surface area (Å²) < 4.78 is 6.93. The van der Waals surface area contributed by atoms with E-state index in [0.717, 1.165) is 0 Å². The van der Waals surface area contributed by atoms with Crippen molar-refractivity contribution in [3.05, 3.63) is 34.6 Å². The number of nitrogens with one attached hydrogen (secondary N) is 1. The van der Waals surface area contributed by atoms with Crippen molar-refractivity contribution < 1.29 is 14.6 Å². The van der Waals surface area contributed by atoms with Gasteiger partial charge in [0.25, 0.3) is 11.5 Å². The molecule has 1 aliphatic heterocycles. The summed E-state index contributed by atoms with van der Waals surface area (Å²) >= 11 is 0. The first-order valence-electron chi connectivity index (χ1n) is 7.84. The van der Waals surface area contributed by atoms with E-state index in [1.54, 1.807) is 25.2 Å². The van der Waals surface area contributed by atoms with Gasteiger partial charge in [0.1, 0.15) is 0 Å². The Bertz CT molecular complexity index is 804. The zero-order chi connectivity index (χ0) is 17.1. The molecule has 128 valence electrons. The number of carbonyl (C=O) groups excluding carboxylic acids is 1. The summed E-state index contributed by atoms with van der Waals surface area (Å²) in [6, 6.07) is 7.10. The van der Waals surface area contributed by atoms with Gasteiger partial charge in [-0.3, -0.25) is 14.2 Å². The number of fused-ring (bicyclic) bond motifs is 1. The third kappa shape index (κ3) is 2.98. The smallest absolute Gasteiger partial charge is 0.262 e. The van der Waals surface area contributed by atoms with E-state index in [9.17, 15) is 14.7 Å². The number of aliphatic hydroxyl groups is 1. The van der Waals surface area contributed by atoms with Crippen LogP contribution in [0, 0.1) is 0 Å². The third-order valence-electron chi connectivity index (χ3n) is 4.05. The fraction of sp³-hybridized carbons (Fsp3) is 0.438. The minimum absolute atomic E-state index is 0.147. The van der Waals surface area contributed by atoms with Gasteiger partial charge in [0, 0.05) is 13.6 Å². The molecule has 1 aliphatic rings. The molecule has 8 heteroatoms. The zero-order valence-corrected chi connectivity index (χ0v) is 13.4. The highest BCUT2D eigenvalue weighted by atomic mass is 16.5. The Hall–Kier alpha value is -2.45. The minimum atomic E-state index is -0.616. The maximum absolute atomic E-state index is 12.7. The fourth-order valence-electron chi connectivity index (χ4n) is 2.85. The molecule has 0 aliphatic carbocycles. The molecule has 3 rings (SSSR count). The Balaban J connectivity index is 2.05. The highest BCUT2D eigenvalue weighted by Crippen LogP contribution is 2.18. The monoisotopic (exact) mass is 332 g/mol. The maximum atomic E-state index is 12.7. The molecule has 1 saturated heterocycles. The van der Waals surface area contributed by atoms with Gasteiger partial charge in [-0.2, -0.15) is 0 Å². The van der Waals surface area contributed by atoms with Gasteiger partial charge >= 0.3 is 0 Å². The zero-order valence-electron chi connectivity index (χ0n) is 13.4. The van der Waals surface area contributed by atoms with Crippen molar-refractivity contribution in [3.63, 3.8) is 0 Å². The SMILES string of the molecule is CNC(=O)C1CN(c2nc3ccccc3c(=O)n2CCO)CCO1. The molecule has 2 N–H and O–H groups in total. The van der Waals surface area contributed by atoms with Crippen LogP contribution in [0.15, 0.2) is 29.1 Å². The molecular formula is C16H20N4O4. The molecule has 1 amide bonds. The molecule has 1 fully saturated rings. The van der Waals surface area contributed by atoms with Gasteiger partial charge in [-0.1, -0.05) is 12.1 Å². The average Bonchev–Trinajstić information content (AvgIpc) is 2.63. The molecule has 1 aromatic carbocycles. The normalized spacial score (nSPS) is 17.9. The van der Waals surface area contributed by atoms with Crippen molar-refractivity contribution in [1.29, 1.82) is 0 Å². The lowest BCUT2D eigenvalue weighted by molar-refractivity contribution is -0.132. The Morgan fingerprint density at radius 2 is 2.25 bits per heavy atom. The molecule has 2 heterocycles. The van der Waals surface area contributed by atoms with E-state index in [4.69, 9.17) is 4.74 Å². The molecular weight excluding hydrogens is 312 g/mol. The van der Waals surface area contributed by atoms with Gasteiger partial charge in [-0.25, -0.2) is 4.98 Å². The molecule has 1 unspecified atom stereocenters. The van der Waals surface area contributed by atoms with Gasteiger partial charge in [0.05, 0.1) is 37.2 Å². The molecule has 0 bridgehead atoms. The first kappa shape index (κ1) is 16.4. The Labute approximate surface area is 138 Å². The van der Waals surface area contributed by atoms with E-state index in [2.05, 4.69) is 10.3 Å². The largest absolute Gasteiger partial charge is 0.395 e. The highest BCUT2D eigenvalue weighted by Gasteiger charge is 2.28. The number of hydrogen-bond acceptors (Lipinski definition) is 6. The summed E-state index contributed by atoms with van der Waals surface area (Å²) in [6.45, 7) is 1.16. The summed E-state index contributed by atoms with van der Waals surface area (Å²) in [7, 11) is 1.56. The molecule has 24 heavy (non-hydrogen) atoms. The number of amides is 1. The van der Waals surface area contributed by atoms with Gasteiger partial charge in [0.15, 0.2) is 6.10 Å². The molecule has 8 nitrogen and oxygen atoms in total. The van der Waals surface area contributed by atoms with Crippen LogP contribution in [0.1, 0.15) is 0 Å². The first-order valence-corrected chi connectivity index (χ1v) is 7.84. The van der Waals surface area contributed by atoms with Crippen LogP contribution in [0.25, 0.3) is 10.9 Å². The predicted octanol–water partition coefficient (Wildman–Crippen LogP) is -0.660. The number of aromatic nitrogens is 2. The number of anilines is 1. The predicted molar refractivity (Wildman–Crippen MR) is 89.1 cm³/mol. The summed E-state index contributed by atoms with van der Waals surface area (Å²) in [5.74, 6) is 0.237. The average molecular weight is 332 g/mol. The standard InChI is InChI=1S/C16H20N4O4/c1-17-14(22)13-10-19(7-9-24-13)16-18-12-5-3-2-4-11(12)15(23)20(16)6-8-21/h2-5,13,21H,6-10H2,1H3,(H,17,22). The molecule has 1 aromatic heterocycles. The van der Waals surface area contributed by atoms with Crippen molar-refractivity contribution in [3.8, 4) is 0 Å².